The number of likely N-dealkylation sites (N-methyl/N-ethyl adjacent to an activating group) is 1. The summed E-state index contributed by atoms with van der Waals surface area (Å²) < 4.78 is 14.1. The van der Waals surface area contributed by atoms with Crippen LogP contribution in [0.1, 0.15) is 24.9 Å². The van der Waals surface area contributed by atoms with E-state index in [1.165, 1.54) is 6.07 Å². The second-order valence-corrected chi connectivity index (χ2v) is 5.09. The molecule has 0 aliphatic carbocycles. The first-order valence-corrected chi connectivity index (χ1v) is 6.53. The minimum absolute atomic E-state index is 0.0215. The van der Waals surface area contributed by atoms with E-state index < -0.39 is 0 Å². The molecule has 1 amide bonds. The van der Waals surface area contributed by atoms with Crippen molar-refractivity contribution in [1.82, 2.24) is 4.90 Å². The van der Waals surface area contributed by atoms with Crippen LogP contribution in [0.2, 0.25) is 0 Å². The molecule has 2 rings (SSSR count). The minimum atomic E-state index is -0.313. The second kappa shape index (κ2) is 5.57. The van der Waals surface area contributed by atoms with Crippen LogP contribution >= 0.6 is 0 Å². The lowest BCUT2D eigenvalue weighted by molar-refractivity contribution is -0.127. The summed E-state index contributed by atoms with van der Waals surface area (Å²) in [5.74, 6) is -0.291. The zero-order valence-electron chi connectivity index (χ0n) is 11.4. The Labute approximate surface area is 113 Å². The van der Waals surface area contributed by atoms with Gasteiger partial charge in [-0.15, -0.1) is 0 Å². The van der Waals surface area contributed by atoms with Crippen molar-refractivity contribution in [2.24, 2.45) is 5.73 Å². The summed E-state index contributed by atoms with van der Waals surface area (Å²) in [6.07, 6.45) is 0.844. The number of anilines is 1. The van der Waals surface area contributed by atoms with E-state index in [0.29, 0.717) is 12.2 Å². The molecule has 19 heavy (non-hydrogen) atoms. The number of halogens is 1. The third-order valence-corrected chi connectivity index (χ3v) is 3.51. The highest BCUT2D eigenvalue weighted by atomic mass is 19.1. The zero-order valence-corrected chi connectivity index (χ0v) is 11.4. The molecule has 1 fully saturated rings. The highest BCUT2D eigenvalue weighted by Crippen LogP contribution is 2.24. The van der Waals surface area contributed by atoms with Crippen LogP contribution in [0.3, 0.4) is 0 Å². The van der Waals surface area contributed by atoms with Crippen molar-refractivity contribution in [2.45, 2.75) is 19.4 Å². The topological polar surface area (TPSA) is 49.6 Å². The fraction of sp³-hybridized carbons (Fsp3) is 0.500. The first-order valence-electron chi connectivity index (χ1n) is 6.53. The molecule has 4 nitrogen and oxygen atoms in total. The van der Waals surface area contributed by atoms with Crippen molar-refractivity contribution in [1.29, 1.82) is 0 Å². The van der Waals surface area contributed by atoms with E-state index in [4.69, 9.17) is 5.73 Å². The number of hydrogen-bond acceptors (Lipinski definition) is 3. The average molecular weight is 265 g/mol. The fourth-order valence-electron chi connectivity index (χ4n) is 2.25. The van der Waals surface area contributed by atoms with Crippen LogP contribution in [-0.4, -0.2) is 37.5 Å². The van der Waals surface area contributed by atoms with Crippen LogP contribution in [-0.2, 0) is 4.79 Å². The summed E-state index contributed by atoms with van der Waals surface area (Å²) in [4.78, 5) is 15.3. The van der Waals surface area contributed by atoms with Gasteiger partial charge in [-0.3, -0.25) is 4.79 Å². The predicted octanol–water partition coefficient (Wildman–Crippen LogP) is 1.51. The second-order valence-electron chi connectivity index (χ2n) is 5.09. The molecule has 1 aliphatic rings. The van der Waals surface area contributed by atoms with E-state index in [-0.39, 0.29) is 24.3 Å². The van der Waals surface area contributed by atoms with Crippen molar-refractivity contribution in [3.63, 3.8) is 0 Å². The fourth-order valence-corrected chi connectivity index (χ4v) is 2.25. The zero-order chi connectivity index (χ0) is 14.0. The molecule has 0 bridgehead atoms. The van der Waals surface area contributed by atoms with Crippen molar-refractivity contribution < 1.29 is 9.18 Å². The van der Waals surface area contributed by atoms with Gasteiger partial charge in [-0.25, -0.2) is 4.39 Å². The molecule has 5 heteroatoms. The van der Waals surface area contributed by atoms with E-state index in [2.05, 4.69) is 0 Å². The largest absolute Gasteiger partial charge is 0.360 e. The Morgan fingerprint density at radius 1 is 1.37 bits per heavy atom. The maximum absolute atomic E-state index is 14.1. The summed E-state index contributed by atoms with van der Waals surface area (Å²) in [7, 11) is 1.78. The van der Waals surface area contributed by atoms with Gasteiger partial charge in [0.1, 0.15) is 5.82 Å². The Morgan fingerprint density at radius 2 is 2.11 bits per heavy atom. The molecule has 1 atom stereocenters. The number of benzene rings is 1. The lowest BCUT2D eigenvalue weighted by atomic mass is 10.1. The van der Waals surface area contributed by atoms with Crippen molar-refractivity contribution in [2.75, 3.05) is 31.6 Å². The lowest BCUT2D eigenvalue weighted by Gasteiger charge is -2.23. The van der Waals surface area contributed by atoms with Gasteiger partial charge in [0.25, 0.3) is 0 Å². The molecule has 104 valence electrons. The quantitative estimate of drug-likeness (QED) is 0.882. The van der Waals surface area contributed by atoms with Gasteiger partial charge >= 0.3 is 0 Å². The monoisotopic (exact) mass is 265 g/mol. The minimum Gasteiger partial charge on any atom is -0.360 e. The van der Waals surface area contributed by atoms with E-state index in [9.17, 15) is 9.18 Å². The predicted molar refractivity (Wildman–Crippen MR) is 73.5 cm³/mol. The van der Waals surface area contributed by atoms with Crippen LogP contribution in [0.25, 0.3) is 0 Å². The highest BCUT2D eigenvalue weighted by Gasteiger charge is 2.21. The molecular formula is C14H20FN3O. The van der Waals surface area contributed by atoms with E-state index >= 15 is 0 Å². The number of nitrogens with two attached hydrogens (primary N) is 1. The first kappa shape index (κ1) is 13.8. The number of carbonyl (C=O) groups is 1. The number of hydrogen-bond donors (Lipinski definition) is 1. The molecule has 1 saturated heterocycles. The van der Waals surface area contributed by atoms with Gasteiger partial charge in [-0.2, -0.15) is 0 Å². The molecule has 1 aromatic carbocycles. The lowest BCUT2D eigenvalue weighted by Crippen LogP contribution is -2.34. The molecule has 2 N–H and O–H groups in total. The Kier molecular flexibility index (Phi) is 4.04. The SMILES string of the molecule is C[C@@H](N)c1ccc(N2CCCN(C)C(=O)C2)c(F)c1. The van der Waals surface area contributed by atoms with E-state index in [1.54, 1.807) is 22.9 Å². The molecule has 1 aromatic rings. The third kappa shape index (κ3) is 3.04. The van der Waals surface area contributed by atoms with E-state index in [1.807, 2.05) is 13.0 Å². The summed E-state index contributed by atoms with van der Waals surface area (Å²) in [5, 5.41) is 0. The van der Waals surface area contributed by atoms with Gasteiger partial charge in [0.15, 0.2) is 0 Å². The Balaban J connectivity index is 2.24. The molecule has 1 aliphatic heterocycles. The number of amides is 1. The number of rotatable bonds is 2. The maximum atomic E-state index is 14.1. The Hall–Kier alpha value is -1.62. The Morgan fingerprint density at radius 3 is 2.74 bits per heavy atom. The highest BCUT2D eigenvalue weighted by molar-refractivity contribution is 5.81. The van der Waals surface area contributed by atoms with Crippen molar-refractivity contribution in [3.8, 4) is 0 Å². The van der Waals surface area contributed by atoms with Crippen molar-refractivity contribution >= 4 is 11.6 Å². The van der Waals surface area contributed by atoms with Gasteiger partial charge in [0.2, 0.25) is 5.91 Å². The Bertz CT molecular complexity index is 476. The summed E-state index contributed by atoms with van der Waals surface area (Å²) in [6.45, 7) is 3.45. The standard InChI is InChI=1S/C14H20FN3O/c1-10(16)11-4-5-13(12(15)8-11)18-7-3-6-17(2)14(19)9-18/h4-5,8,10H,3,6-7,9,16H2,1-2H3/t10-/m1/s1. The molecule has 0 aromatic heterocycles. The van der Waals surface area contributed by atoms with Gasteiger partial charge < -0.3 is 15.5 Å². The van der Waals surface area contributed by atoms with Crippen LogP contribution in [0, 0.1) is 5.82 Å². The molecule has 0 unspecified atom stereocenters. The van der Waals surface area contributed by atoms with Gasteiger partial charge in [0, 0.05) is 26.2 Å². The van der Waals surface area contributed by atoms with E-state index in [0.717, 1.165) is 18.5 Å². The summed E-state index contributed by atoms with van der Waals surface area (Å²) in [5.41, 5.74) is 6.98. The van der Waals surface area contributed by atoms with Crippen LogP contribution < -0.4 is 10.6 Å². The molecule has 0 saturated carbocycles. The summed E-state index contributed by atoms with van der Waals surface area (Å²) in [6, 6.07) is 4.80. The average Bonchev–Trinajstić information content (AvgIpc) is 2.52. The third-order valence-electron chi connectivity index (χ3n) is 3.51. The smallest absolute Gasteiger partial charge is 0.241 e. The van der Waals surface area contributed by atoms with Crippen LogP contribution in [0.5, 0.6) is 0 Å². The number of carbonyl (C=O) groups excluding carboxylic acids is 1. The van der Waals surface area contributed by atoms with Crippen LogP contribution in [0.4, 0.5) is 10.1 Å². The van der Waals surface area contributed by atoms with Crippen LogP contribution in [0.15, 0.2) is 18.2 Å². The summed E-state index contributed by atoms with van der Waals surface area (Å²) >= 11 is 0. The maximum Gasteiger partial charge on any atom is 0.241 e. The van der Waals surface area contributed by atoms with Crippen molar-refractivity contribution in [3.05, 3.63) is 29.6 Å². The molecule has 1 heterocycles. The molecular weight excluding hydrogens is 245 g/mol. The number of nitrogens with zero attached hydrogens (tertiary/aromatic N) is 2. The molecule has 0 radical (unpaired) electrons. The van der Waals surface area contributed by atoms with Gasteiger partial charge in [-0.1, -0.05) is 6.07 Å². The van der Waals surface area contributed by atoms with Gasteiger partial charge in [-0.05, 0) is 31.0 Å². The molecule has 0 spiro atoms. The first-order chi connectivity index (χ1) is 8.99. The van der Waals surface area contributed by atoms with Gasteiger partial charge in [0.05, 0.1) is 12.2 Å². The normalized spacial score (nSPS) is 18.4.